The van der Waals surface area contributed by atoms with Gasteiger partial charge >= 0.3 is 0 Å². The number of rotatable bonds is 5. The second kappa shape index (κ2) is 8.93. The van der Waals surface area contributed by atoms with Gasteiger partial charge in [0.05, 0.1) is 12.0 Å². The van der Waals surface area contributed by atoms with E-state index in [1.54, 1.807) is 12.1 Å². The molecule has 0 bridgehead atoms. The molecule has 2 aromatic rings. The lowest BCUT2D eigenvalue weighted by Gasteiger charge is -2.14. The monoisotopic (exact) mass is 490 g/mol. The molecule has 1 fully saturated rings. The van der Waals surface area contributed by atoms with Crippen molar-refractivity contribution < 1.29 is 24.2 Å². The van der Waals surface area contributed by atoms with Crippen molar-refractivity contribution in [2.45, 2.75) is 13.8 Å². The average Bonchev–Trinajstić information content (AvgIpc) is 2.93. The maximum atomic E-state index is 12.7. The molecule has 30 heavy (non-hydrogen) atoms. The summed E-state index contributed by atoms with van der Waals surface area (Å²) in [7, 11) is 1.41. The highest BCUT2D eigenvalue weighted by Crippen LogP contribution is 2.37. The molecule has 7 nitrogen and oxygen atoms in total. The van der Waals surface area contributed by atoms with Gasteiger partial charge in [-0.25, -0.2) is 0 Å². The fourth-order valence-electron chi connectivity index (χ4n) is 2.90. The number of imide groups is 1. The molecule has 9 heteroatoms. The Hall–Kier alpha value is -2.78. The molecule has 0 aromatic heterocycles. The Morgan fingerprint density at radius 1 is 1.27 bits per heavy atom. The van der Waals surface area contributed by atoms with Crippen LogP contribution < -0.4 is 10.1 Å². The Morgan fingerprint density at radius 2 is 2.00 bits per heavy atom. The second-order valence-corrected chi connectivity index (χ2v) is 8.53. The number of nitrogens with zero attached hydrogens (tertiary/aromatic N) is 1. The van der Waals surface area contributed by atoms with Crippen LogP contribution in [-0.2, 0) is 9.59 Å². The Bertz CT molecular complexity index is 1080. The van der Waals surface area contributed by atoms with Crippen LogP contribution in [0.25, 0.3) is 6.08 Å². The van der Waals surface area contributed by atoms with Crippen LogP contribution in [0.4, 0.5) is 10.5 Å². The number of carbonyl (C=O) groups is 3. The third-order valence-corrected chi connectivity index (χ3v) is 6.01. The van der Waals surface area contributed by atoms with Gasteiger partial charge in [-0.3, -0.25) is 19.3 Å². The molecule has 1 aliphatic heterocycles. The zero-order chi connectivity index (χ0) is 22.0. The van der Waals surface area contributed by atoms with E-state index in [4.69, 9.17) is 4.74 Å². The first kappa shape index (κ1) is 21.9. The number of amides is 3. The van der Waals surface area contributed by atoms with Gasteiger partial charge in [0.25, 0.3) is 11.1 Å². The van der Waals surface area contributed by atoms with Gasteiger partial charge in [-0.05, 0) is 61.0 Å². The lowest BCUT2D eigenvalue weighted by molar-refractivity contribution is -0.127. The second-order valence-electron chi connectivity index (χ2n) is 6.68. The summed E-state index contributed by atoms with van der Waals surface area (Å²) in [5, 5.41) is 12.0. The molecule has 0 aliphatic carbocycles. The summed E-state index contributed by atoms with van der Waals surface area (Å²) in [6.45, 7) is 3.44. The van der Waals surface area contributed by atoms with E-state index in [0.717, 1.165) is 27.8 Å². The van der Waals surface area contributed by atoms with E-state index in [1.807, 2.05) is 26.0 Å². The first-order valence-electron chi connectivity index (χ1n) is 8.88. The van der Waals surface area contributed by atoms with Crippen molar-refractivity contribution in [3.8, 4) is 11.5 Å². The number of aromatic hydroxyl groups is 1. The van der Waals surface area contributed by atoms with Crippen molar-refractivity contribution in [1.82, 2.24) is 4.90 Å². The summed E-state index contributed by atoms with van der Waals surface area (Å²) in [5.41, 5.74) is 3.14. The first-order chi connectivity index (χ1) is 14.2. The van der Waals surface area contributed by atoms with Crippen LogP contribution in [0.15, 0.2) is 39.7 Å². The molecule has 0 spiro atoms. The number of halogens is 1. The molecule has 0 saturated carbocycles. The normalized spacial score (nSPS) is 15.1. The van der Waals surface area contributed by atoms with Crippen molar-refractivity contribution in [3.05, 3.63) is 56.4 Å². The lowest BCUT2D eigenvalue weighted by atomic mass is 10.1. The maximum absolute atomic E-state index is 12.7. The highest BCUT2D eigenvalue weighted by molar-refractivity contribution is 9.10. The fraction of sp³-hybridized carbons (Fsp3) is 0.190. The van der Waals surface area contributed by atoms with Crippen LogP contribution in [0.5, 0.6) is 11.5 Å². The number of hydrogen-bond donors (Lipinski definition) is 2. The van der Waals surface area contributed by atoms with Crippen LogP contribution in [0, 0.1) is 13.8 Å². The van der Waals surface area contributed by atoms with Gasteiger partial charge < -0.3 is 15.2 Å². The minimum atomic E-state index is -0.556. The van der Waals surface area contributed by atoms with Crippen LogP contribution >= 0.6 is 27.7 Å². The summed E-state index contributed by atoms with van der Waals surface area (Å²) >= 11 is 4.06. The first-order valence-corrected chi connectivity index (χ1v) is 10.5. The van der Waals surface area contributed by atoms with E-state index in [9.17, 15) is 19.5 Å². The Labute approximate surface area is 186 Å². The number of thioether (sulfide) groups is 1. The molecule has 2 N–H and O–H groups in total. The smallest absolute Gasteiger partial charge is 0.294 e. The third kappa shape index (κ3) is 4.68. The topological polar surface area (TPSA) is 95.9 Å². The van der Waals surface area contributed by atoms with Gasteiger partial charge in [0.15, 0.2) is 11.5 Å². The Kier molecular flexibility index (Phi) is 6.52. The molecule has 1 saturated heterocycles. The number of methoxy groups -OCH3 is 1. The molecule has 0 atom stereocenters. The SMILES string of the molecule is COc1cc(/C=C2\SC(=O)N(CC(=O)Nc3ccc(C)cc3C)C2=O)c(Br)cc1O. The summed E-state index contributed by atoms with van der Waals surface area (Å²) < 4.78 is 5.61. The van der Waals surface area contributed by atoms with Gasteiger partial charge in [-0.2, -0.15) is 0 Å². The van der Waals surface area contributed by atoms with E-state index in [1.165, 1.54) is 19.3 Å². The Morgan fingerprint density at radius 3 is 2.67 bits per heavy atom. The zero-order valence-electron chi connectivity index (χ0n) is 16.5. The number of ether oxygens (including phenoxy) is 1. The number of hydrogen-bond acceptors (Lipinski definition) is 6. The van der Waals surface area contributed by atoms with Crippen LogP contribution in [0.3, 0.4) is 0 Å². The van der Waals surface area contributed by atoms with Gasteiger partial charge in [0, 0.05) is 10.2 Å². The van der Waals surface area contributed by atoms with E-state index < -0.39 is 17.1 Å². The van der Waals surface area contributed by atoms with Crippen LogP contribution in [0.1, 0.15) is 16.7 Å². The molecule has 1 aliphatic rings. The summed E-state index contributed by atoms with van der Waals surface area (Å²) in [4.78, 5) is 38.5. The Balaban J connectivity index is 1.76. The highest BCUT2D eigenvalue weighted by atomic mass is 79.9. The number of nitrogens with one attached hydrogen (secondary N) is 1. The van der Waals surface area contributed by atoms with Gasteiger partial charge in [-0.15, -0.1) is 0 Å². The average molecular weight is 491 g/mol. The van der Waals surface area contributed by atoms with Crippen molar-refractivity contribution in [3.63, 3.8) is 0 Å². The van der Waals surface area contributed by atoms with Gasteiger partial charge in [0.2, 0.25) is 5.91 Å². The molecule has 1 heterocycles. The van der Waals surface area contributed by atoms with Crippen molar-refractivity contribution >= 4 is 56.5 Å². The molecule has 0 radical (unpaired) electrons. The van der Waals surface area contributed by atoms with Gasteiger partial charge in [-0.1, -0.05) is 33.6 Å². The van der Waals surface area contributed by atoms with Crippen LogP contribution in [-0.4, -0.2) is 40.7 Å². The number of benzene rings is 2. The minimum absolute atomic E-state index is 0.0577. The number of phenolic OH excluding ortho intramolecular Hbond substituents is 1. The molecule has 0 unspecified atom stereocenters. The molecule has 3 amide bonds. The predicted molar refractivity (Wildman–Crippen MR) is 120 cm³/mol. The molecular formula is C21H19BrN2O5S. The summed E-state index contributed by atoms with van der Waals surface area (Å²) in [6, 6.07) is 8.57. The van der Waals surface area contributed by atoms with E-state index in [-0.39, 0.29) is 22.9 Å². The van der Waals surface area contributed by atoms with E-state index in [2.05, 4.69) is 21.2 Å². The quantitative estimate of drug-likeness (QED) is 0.600. The number of carbonyl (C=O) groups excluding carboxylic acids is 3. The number of phenols is 1. The fourth-order valence-corrected chi connectivity index (χ4v) is 4.17. The molecule has 156 valence electrons. The molecule has 3 rings (SSSR count). The molecular weight excluding hydrogens is 472 g/mol. The minimum Gasteiger partial charge on any atom is -0.504 e. The van der Waals surface area contributed by atoms with Crippen LogP contribution in [0.2, 0.25) is 0 Å². The van der Waals surface area contributed by atoms with Crippen molar-refractivity contribution in [2.24, 2.45) is 0 Å². The van der Waals surface area contributed by atoms with E-state index in [0.29, 0.717) is 15.7 Å². The van der Waals surface area contributed by atoms with Crippen molar-refractivity contribution in [1.29, 1.82) is 0 Å². The van der Waals surface area contributed by atoms with Crippen molar-refractivity contribution in [2.75, 3.05) is 19.0 Å². The lowest BCUT2D eigenvalue weighted by Crippen LogP contribution is -2.36. The standard InChI is InChI=1S/C21H19BrN2O5S/c1-11-4-5-15(12(2)6-11)23-19(26)10-24-20(27)18(30-21(24)28)8-13-7-17(29-3)16(25)9-14(13)22/h4-9,25H,10H2,1-3H3,(H,23,26)/b18-8-. The summed E-state index contributed by atoms with van der Waals surface area (Å²) in [5.74, 6) is -0.841. The summed E-state index contributed by atoms with van der Waals surface area (Å²) in [6.07, 6.45) is 1.51. The maximum Gasteiger partial charge on any atom is 0.294 e. The van der Waals surface area contributed by atoms with Gasteiger partial charge in [0.1, 0.15) is 6.54 Å². The van der Waals surface area contributed by atoms with E-state index >= 15 is 0 Å². The third-order valence-electron chi connectivity index (χ3n) is 4.42. The number of anilines is 1. The number of aryl methyl sites for hydroxylation is 2. The molecule has 2 aromatic carbocycles. The highest BCUT2D eigenvalue weighted by Gasteiger charge is 2.36. The largest absolute Gasteiger partial charge is 0.504 e. The predicted octanol–water partition coefficient (Wildman–Crippen LogP) is 4.46. The zero-order valence-corrected chi connectivity index (χ0v) is 18.9.